The van der Waals surface area contributed by atoms with Crippen molar-refractivity contribution >= 4 is 18.0 Å². The van der Waals surface area contributed by atoms with Gasteiger partial charge in [0.15, 0.2) is 0 Å². The Bertz CT molecular complexity index is 1160. The first-order valence-electron chi connectivity index (χ1n) is 11.5. The number of halogens is 3. The molecule has 0 saturated carbocycles. The van der Waals surface area contributed by atoms with Crippen molar-refractivity contribution < 1.29 is 41.8 Å². The summed E-state index contributed by atoms with van der Waals surface area (Å²) in [6.07, 6.45) is -4.45. The highest BCUT2D eigenvalue weighted by Crippen LogP contribution is 2.32. The normalized spacial score (nSPS) is 15.8. The number of amides is 2. The van der Waals surface area contributed by atoms with Crippen molar-refractivity contribution in [2.24, 2.45) is 0 Å². The van der Waals surface area contributed by atoms with E-state index in [9.17, 15) is 27.6 Å². The molecule has 1 aliphatic rings. The number of nitrogens with one attached hydrogen (secondary N) is 1. The van der Waals surface area contributed by atoms with Crippen LogP contribution in [-0.2, 0) is 27.0 Å². The zero-order chi connectivity index (χ0) is 27.4. The second-order valence-corrected chi connectivity index (χ2v) is 9.36. The fourth-order valence-corrected chi connectivity index (χ4v) is 3.72. The monoisotopic (exact) mass is 523 g/mol. The molecule has 0 bridgehead atoms. The van der Waals surface area contributed by atoms with Crippen molar-refractivity contribution in [1.82, 2.24) is 15.2 Å². The average molecular weight is 524 g/mol. The third-order valence-electron chi connectivity index (χ3n) is 5.28. The van der Waals surface area contributed by atoms with Crippen LogP contribution in [-0.4, -0.2) is 53.2 Å². The number of alkyl carbamates (subject to hydrolysis) is 1. The summed E-state index contributed by atoms with van der Waals surface area (Å²) in [5.74, 6) is -1.26. The van der Waals surface area contributed by atoms with Gasteiger partial charge in [-0.3, -0.25) is 4.79 Å². The molecule has 1 N–H and O–H groups in total. The molecule has 1 aromatic carbocycles. The highest BCUT2D eigenvalue weighted by Gasteiger charge is 2.36. The second-order valence-electron chi connectivity index (χ2n) is 9.36. The Morgan fingerprint density at radius 2 is 1.86 bits per heavy atom. The Balaban J connectivity index is 1.81. The first kappa shape index (κ1) is 27.8. The zero-order valence-corrected chi connectivity index (χ0v) is 20.8. The topological polar surface area (TPSA) is 107 Å². The number of carbonyl (C=O) groups is 3. The number of hydrogen-bond donors (Lipinski definition) is 1. The zero-order valence-electron chi connectivity index (χ0n) is 20.8. The predicted octanol–water partition coefficient (Wildman–Crippen LogP) is 4.70. The van der Waals surface area contributed by atoms with Crippen LogP contribution in [0.4, 0.5) is 18.0 Å². The van der Waals surface area contributed by atoms with E-state index in [4.69, 9.17) is 14.2 Å². The molecule has 37 heavy (non-hydrogen) atoms. The van der Waals surface area contributed by atoms with E-state index < -0.39 is 41.5 Å². The summed E-state index contributed by atoms with van der Waals surface area (Å²) in [5.41, 5.74) is -1.72. The van der Waals surface area contributed by atoms with Gasteiger partial charge >= 0.3 is 18.2 Å². The fourth-order valence-electron chi connectivity index (χ4n) is 3.72. The number of methoxy groups -OCH3 is 1. The van der Waals surface area contributed by atoms with Crippen LogP contribution in [0.15, 0.2) is 36.4 Å². The van der Waals surface area contributed by atoms with E-state index in [1.54, 1.807) is 20.8 Å². The Morgan fingerprint density at radius 3 is 2.51 bits per heavy atom. The summed E-state index contributed by atoms with van der Waals surface area (Å²) >= 11 is 0. The molecule has 1 aliphatic heterocycles. The third-order valence-corrected chi connectivity index (χ3v) is 5.28. The van der Waals surface area contributed by atoms with Crippen LogP contribution < -0.4 is 10.1 Å². The quantitative estimate of drug-likeness (QED) is 0.547. The molecule has 3 rings (SSSR count). The molecule has 2 amide bonds. The molecule has 2 aromatic rings. The molecule has 1 atom stereocenters. The second kappa shape index (κ2) is 11.1. The number of likely N-dealkylation sites (tertiary alicyclic amines) is 1. The smallest absolute Gasteiger partial charge is 0.433 e. The number of ether oxygens (including phenoxy) is 3. The van der Waals surface area contributed by atoms with Gasteiger partial charge in [-0.2, -0.15) is 13.2 Å². The number of benzene rings is 1. The highest BCUT2D eigenvalue weighted by atomic mass is 19.4. The minimum absolute atomic E-state index is 0.0672. The molecule has 1 fully saturated rings. The summed E-state index contributed by atoms with van der Waals surface area (Å²) in [6.45, 7) is 5.08. The van der Waals surface area contributed by atoms with E-state index in [-0.39, 0.29) is 29.3 Å². The molecule has 1 saturated heterocycles. The van der Waals surface area contributed by atoms with E-state index in [1.807, 2.05) is 0 Å². The van der Waals surface area contributed by atoms with E-state index in [1.165, 1.54) is 42.3 Å². The van der Waals surface area contributed by atoms with Crippen molar-refractivity contribution in [3.05, 3.63) is 53.2 Å². The molecule has 0 aliphatic carbocycles. The van der Waals surface area contributed by atoms with Crippen LogP contribution in [0.2, 0.25) is 0 Å². The number of esters is 1. The van der Waals surface area contributed by atoms with E-state index in [2.05, 4.69) is 10.3 Å². The highest BCUT2D eigenvalue weighted by molar-refractivity contribution is 5.97. The molecule has 2 heterocycles. The van der Waals surface area contributed by atoms with Crippen LogP contribution in [0.25, 0.3) is 0 Å². The molecule has 9 nitrogen and oxygen atoms in total. The number of nitrogens with zero attached hydrogens (tertiary/aromatic N) is 2. The number of pyridine rings is 1. The van der Waals surface area contributed by atoms with Gasteiger partial charge < -0.3 is 24.4 Å². The van der Waals surface area contributed by atoms with Gasteiger partial charge in [-0.1, -0.05) is 6.07 Å². The minimum Gasteiger partial charge on any atom is -0.467 e. The Hall–Kier alpha value is -3.83. The minimum atomic E-state index is -4.77. The maximum absolute atomic E-state index is 13.5. The molecule has 1 unspecified atom stereocenters. The van der Waals surface area contributed by atoms with Gasteiger partial charge in [-0.05, 0) is 63.4 Å². The Labute approximate surface area is 211 Å². The van der Waals surface area contributed by atoms with Crippen LogP contribution >= 0.6 is 0 Å². The number of hydrogen-bond acceptors (Lipinski definition) is 7. The lowest BCUT2D eigenvalue weighted by atomic mass is 10.1. The van der Waals surface area contributed by atoms with Crippen molar-refractivity contribution in [3.63, 3.8) is 0 Å². The molecule has 12 heteroatoms. The molecule has 0 radical (unpaired) electrons. The van der Waals surface area contributed by atoms with Crippen molar-refractivity contribution in [2.45, 2.75) is 58.0 Å². The first-order valence-corrected chi connectivity index (χ1v) is 11.5. The predicted molar refractivity (Wildman–Crippen MR) is 125 cm³/mol. The standard InChI is InChI=1S/C25H28F3N3O6/c1-24(2,3)37-23(34)29-14-15-11-19(25(26,27)28)30-20(12-15)36-17-8-5-7-16(13-17)21(32)31-10-6-9-18(31)22(33)35-4/h5,7-8,11-13,18H,6,9-10,14H2,1-4H3,(H,29,34). The maximum Gasteiger partial charge on any atom is 0.433 e. The van der Waals surface area contributed by atoms with Crippen molar-refractivity contribution in [3.8, 4) is 11.6 Å². The van der Waals surface area contributed by atoms with Gasteiger partial charge in [-0.25, -0.2) is 14.6 Å². The third kappa shape index (κ3) is 7.58. The summed E-state index contributed by atoms with van der Waals surface area (Å²) in [4.78, 5) is 41.9. The number of carbonyl (C=O) groups excluding carboxylic acids is 3. The number of aromatic nitrogens is 1. The molecule has 0 spiro atoms. The Morgan fingerprint density at radius 1 is 1.14 bits per heavy atom. The lowest BCUT2D eigenvalue weighted by molar-refractivity contribution is -0.145. The lowest BCUT2D eigenvalue weighted by Gasteiger charge is -2.22. The molecular weight excluding hydrogens is 495 g/mol. The molecular formula is C25H28F3N3O6. The summed E-state index contributed by atoms with van der Waals surface area (Å²) in [6, 6.07) is 7.17. The van der Waals surface area contributed by atoms with E-state index >= 15 is 0 Å². The maximum atomic E-state index is 13.5. The fraction of sp³-hybridized carbons (Fsp3) is 0.440. The Kier molecular flexibility index (Phi) is 8.29. The summed E-state index contributed by atoms with van der Waals surface area (Å²) in [7, 11) is 1.25. The summed E-state index contributed by atoms with van der Waals surface area (Å²) < 4.78 is 55.8. The average Bonchev–Trinajstić information content (AvgIpc) is 3.30. The van der Waals surface area contributed by atoms with E-state index in [0.717, 1.165) is 6.07 Å². The van der Waals surface area contributed by atoms with Crippen LogP contribution in [0.1, 0.15) is 55.2 Å². The van der Waals surface area contributed by atoms with Crippen molar-refractivity contribution in [2.75, 3.05) is 13.7 Å². The van der Waals surface area contributed by atoms with Crippen molar-refractivity contribution in [1.29, 1.82) is 0 Å². The van der Waals surface area contributed by atoms with Gasteiger partial charge in [0.1, 0.15) is 23.1 Å². The number of rotatable bonds is 6. The van der Waals surface area contributed by atoms with Crippen LogP contribution in [0, 0.1) is 0 Å². The van der Waals surface area contributed by atoms with Crippen LogP contribution in [0.3, 0.4) is 0 Å². The lowest BCUT2D eigenvalue weighted by Crippen LogP contribution is -2.41. The van der Waals surface area contributed by atoms with E-state index in [0.29, 0.717) is 19.4 Å². The molecule has 1 aromatic heterocycles. The molecule has 200 valence electrons. The van der Waals surface area contributed by atoms with Gasteiger partial charge in [0, 0.05) is 24.7 Å². The number of alkyl halides is 3. The first-order chi connectivity index (χ1) is 17.3. The van der Waals surface area contributed by atoms with Gasteiger partial charge in [0.05, 0.1) is 7.11 Å². The largest absolute Gasteiger partial charge is 0.467 e. The SMILES string of the molecule is COC(=O)C1CCCN1C(=O)c1cccc(Oc2cc(CNC(=O)OC(C)(C)C)cc(C(F)(F)F)n2)c1. The summed E-state index contributed by atoms with van der Waals surface area (Å²) in [5, 5.41) is 2.40. The van der Waals surface area contributed by atoms with Gasteiger partial charge in [0.2, 0.25) is 5.88 Å². The van der Waals surface area contributed by atoms with Gasteiger partial charge in [-0.15, -0.1) is 0 Å². The van der Waals surface area contributed by atoms with Crippen LogP contribution in [0.5, 0.6) is 11.6 Å². The van der Waals surface area contributed by atoms with Gasteiger partial charge in [0.25, 0.3) is 5.91 Å².